The fourth-order valence-corrected chi connectivity index (χ4v) is 2.75. The number of hydrogen-bond acceptors (Lipinski definition) is 2. The molecule has 18 heavy (non-hydrogen) atoms. The Hall–Kier alpha value is -1.84. The van der Waals surface area contributed by atoms with Crippen LogP contribution in [0.2, 0.25) is 0 Å². The summed E-state index contributed by atoms with van der Waals surface area (Å²) < 4.78 is 0. The number of nitrogens with one attached hydrogen (secondary N) is 1. The Morgan fingerprint density at radius 2 is 2.06 bits per heavy atom. The van der Waals surface area contributed by atoms with E-state index in [1.807, 2.05) is 24.3 Å². The Bertz CT molecular complexity index is 504. The van der Waals surface area contributed by atoms with Crippen LogP contribution in [-0.2, 0) is 11.3 Å². The quantitative estimate of drug-likeness (QED) is 0.817. The summed E-state index contributed by atoms with van der Waals surface area (Å²) in [4.78, 5) is 26.0. The van der Waals surface area contributed by atoms with E-state index in [0.717, 1.165) is 36.9 Å². The molecule has 0 unspecified atom stereocenters. The molecule has 0 radical (unpaired) electrons. The number of benzene rings is 1. The van der Waals surface area contributed by atoms with E-state index in [2.05, 4.69) is 5.32 Å². The molecule has 2 amide bonds. The molecular weight excluding hydrogens is 228 g/mol. The van der Waals surface area contributed by atoms with Gasteiger partial charge < -0.3 is 10.2 Å². The molecule has 1 N–H and O–H groups in total. The summed E-state index contributed by atoms with van der Waals surface area (Å²) in [5.41, 5.74) is 1.77. The molecule has 0 aliphatic carbocycles. The molecule has 4 heteroatoms. The molecule has 4 nitrogen and oxygen atoms in total. The van der Waals surface area contributed by atoms with Gasteiger partial charge in [0.05, 0.1) is 0 Å². The van der Waals surface area contributed by atoms with E-state index in [-0.39, 0.29) is 19.3 Å². The number of amides is 2. The molecule has 1 fully saturated rings. The van der Waals surface area contributed by atoms with Crippen LogP contribution in [-0.4, -0.2) is 29.3 Å². The lowest BCUT2D eigenvalue weighted by molar-refractivity contribution is -0.125. The predicted molar refractivity (Wildman–Crippen MR) is 69.1 cm³/mol. The van der Waals surface area contributed by atoms with Gasteiger partial charge in [0.1, 0.15) is 6.04 Å². The SMILES string of the molecule is O=C1NCCCC[C@@H]1N1Cc2ccccc2C1=O.[HH]. The van der Waals surface area contributed by atoms with Crippen LogP contribution in [0.3, 0.4) is 0 Å². The highest BCUT2D eigenvalue weighted by Gasteiger charge is 2.36. The summed E-state index contributed by atoms with van der Waals surface area (Å²) in [6, 6.07) is 7.30. The van der Waals surface area contributed by atoms with Crippen LogP contribution in [0.4, 0.5) is 0 Å². The minimum atomic E-state index is -0.299. The Morgan fingerprint density at radius 3 is 2.89 bits per heavy atom. The molecule has 3 rings (SSSR count). The van der Waals surface area contributed by atoms with Crippen molar-refractivity contribution in [3.63, 3.8) is 0 Å². The lowest BCUT2D eigenvalue weighted by Gasteiger charge is -2.25. The molecule has 2 heterocycles. The second-order valence-corrected chi connectivity index (χ2v) is 4.89. The van der Waals surface area contributed by atoms with Gasteiger partial charge in [-0.05, 0) is 30.9 Å². The number of fused-ring (bicyclic) bond motifs is 1. The Morgan fingerprint density at radius 1 is 1.22 bits per heavy atom. The van der Waals surface area contributed by atoms with E-state index in [9.17, 15) is 9.59 Å². The van der Waals surface area contributed by atoms with E-state index in [1.165, 1.54) is 0 Å². The zero-order chi connectivity index (χ0) is 12.5. The van der Waals surface area contributed by atoms with Crippen molar-refractivity contribution in [1.82, 2.24) is 10.2 Å². The van der Waals surface area contributed by atoms with Crippen molar-refractivity contribution >= 4 is 11.8 Å². The number of carbonyl (C=O) groups is 2. The van der Waals surface area contributed by atoms with E-state index in [0.29, 0.717) is 6.54 Å². The van der Waals surface area contributed by atoms with Crippen LogP contribution in [0.5, 0.6) is 0 Å². The lowest BCUT2D eigenvalue weighted by atomic mass is 10.1. The minimum absolute atomic E-state index is 0. The molecule has 2 aliphatic rings. The first-order valence-corrected chi connectivity index (χ1v) is 6.44. The number of nitrogens with zero attached hydrogens (tertiary/aromatic N) is 1. The van der Waals surface area contributed by atoms with Crippen LogP contribution in [0, 0.1) is 0 Å². The largest absolute Gasteiger partial charge is 0.354 e. The highest BCUT2D eigenvalue weighted by atomic mass is 16.2. The lowest BCUT2D eigenvalue weighted by Crippen LogP contribution is -2.45. The Labute approximate surface area is 107 Å². The van der Waals surface area contributed by atoms with Gasteiger partial charge in [-0.2, -0.15) is 0 Å². The smallest absolute Gasteiger partial charge is 0.255 e. The van der Waals surface area contributed by atoms with Crippen molar-refractivity contribution in [2.45, 2.75) is 31.8 Å². The fourth-order valence-electron chi connectivity index (χ4n) is 2.75. The van der Waals surface area contributed by atoms with Crippen LogP contribution in [0.1, 0.15) is 36.6 Å². The molecule has 0 saturated carbocycles. The zero-order valence-corrected chi connectivity index (χ0v) is 10.2. The number of rotatable bonds is 1. The molecule has 0 spiro atoms. The van der Waals surface area contributed by atoms with E-state index < -0.39 is 0 Å². The van der Waals surface area contributed by atoms with Gasteiger partial charge in [-0.15, -0.1) is 0 Å². The second kappa shape index (κ2) is 4.44. The molecule has 1 aromatic carbocycles. The number of hydrogen-bond donors (Lipinski definition) is 1. The van der Waals surface area contributed by atoms with E-state index in [1.54, 1.807) is 4.90 Å². The van der Waals surface area contributed by atoms with Gasteiger partial charge in [-0.1, -0.05) is 18.2 Å². The van der Waals surface area contributed by atoms with Gasteiger partial charge in [-0.3, -0.25) is 9.59 Å². The average molecular weight is 246 g/mol. The maximum atomic E-state index is 12.3. The van der Waals surface area contributed by atoms with Crippen molar-refractivity contribution in [3.8, 4) is 0 Å². The van der Waals surface area contributed by atoms with Crippen molar-refractivity contribution in [2.24, 2.45) is 0 Å². The molecule has 2 aliphatic heterocycles. The fraction of sp³-hybridized carbons (Fsp3) is 0.429. The summed E-state index contributed by atoms with van der Waals surface area (Å²) >= 11 is 0. The molecule has 0 bridgehead atoms. The predicted octanol–water partition coefficient (Wildman–Crippen LogP) is 1.56. The van der Waals surface area contributed by atoms with Gasteiger partial charge in [-0.25, -0.2) is 0 Å². The molecule has 1 saturated heterocycles. The van der Waals surface area contributed by atoms with Gasteiger partial charge >= 0.3 is 0 Å². The average Bonchev–Trinajstić information content (AvgIpc) is 2.57. The normalized spacial score (nSPS) is 23.6. The summed E-state index contributed by atoms with van der Waals surface area (Å²) in [7, 11) is 0. The summed E-state index contributed by atoms with van der Waals surface area (Å²) in [6.45, 7) is 1.29. The highest BCUT2D eigenvalue weighted by molar-refractivity contribution is 6.01. The minimum Gasteiger partial charge on any atom is -0.354 e. The van der Waals surface area contributed by atoms with E-state index >= 15 is 0 Å². The first-order valence-electron chi connectivity index (χ1n) is 6.44. The molecule has 1 atom stereocenters. The second-order valence-electron chi connectivity index (χ2n) is 4.89. The molecular formula is C14H18N2O2. The maximum absolute atomic E-state index is 12.3. The van der Waals surface area contributed by atoms with Crippen LogP contribution in [0.15, 0.2) is 24.3 Å². The van der Waals surface area contributed by atoms with Crippen molar-refractivity contribution < 1.29 is 11.0 Å². The van der Waals surface area contributed by atoms with Crippen molar-refractivity contribution in [3.05, 3.63) is 35.4 Å². The van der Waals surface area contributed by atoms with Crippen LogP contribution >= 0.6 is 0 Å². The molecule has 1 aromatic rings. The monoisotopic (exact) mass is 246 g/mol. The van der Waals surface area contributed by atoms with Crippen molar-refractivity contribution in [2.75, 3.05) is 6.54 Å². The third kappa shape index (κ3) is 1.78. The highest BCUT2D eigenvalue weighted by Crippen LogP contribution is 2.26. The maximum Gasteiger partial charge on any atom is 0.255 e. The third-order valence-electron chi connectivity index (χ3n) is 3.73. The molecule has 0 aromatic heterocycles. The zero-order valence-electron chi connectivity index (χ0n) is 10.2. The van der Waals surface area contributed by atoms with Crippen molar-refractivity contribution in [1.29, 1.82) is 0 Å². The number of carbonyl (C=O) groups excluding carboxylic acids is 2. The van der Waals surface area contributed by atoms with Gasteiger partial charge in [0.2, 0.25) is 5.91 Å². The van der Waals surface area contributed by atoms with Crippen LogP contribution in [0.25, 0.3) is 0 Å². The summed E-state index contributed by atoms with van der Waals surface area (Å²) in [5, 5.41) is 2.89. The summed E-state index contributed by atoms with van der Waals surface area (Å²) in [5.74, 6) is -0.0127. The van der Waals surface area contributed by atoms with Gasteiger partial charge in [0.15, 0.2) is 0 Å². The molecule has 96 valence electrons. The van der Waals surface area contributed by atoms with Crippen LogP contribution < -0.4 is 5.32 Å². The first kappa shape index (κ1) is 11.3. The first-order chi connectivity index (χ1) is 8.77. The third-order valence-corrected chi connectivity index (χ3v) is 3.73. The Kier molecular flexibility index (Phi) is 2.78. The Balaban J connectivity index is 0.00000133. The standard InChI is InChI=1S/C14H16N2O2.H2/c17-13-12(7-3-4-8-15-13)16-9-10-5-1-2-6-11(10)14(16)18;/h1-2,5-6,12H,3-4,7-9H2,(H,15,17);1H/t12-;/m0./s1. The topological polar surface area (TPSA) is 49.4 Å². The van der Waals surface area contributed by atoms with Gasteiger partial charge in [0, 0.05) is 20.1 Å². The van der Waals surface area contributed by atoms with E-state index in [4.69, 9.17) is 0 Å². The van der Waals surface area contributed by atoms with Gasteiger partial charge in [0.25, 0.3) is 5.91 Å². The summed E-state index contributed by atoms with van der Waals surface area (Å²) in [6.07, 6.45) is 2.76.